The van der Waals surface area contributed by atoms with Crippen LogP contribution in [-0.2, 0) is 6.42 Å². The summed E-state index contributed by atoms with van der Waals surface area (Å²) in [6.07, 6.45) is 3.82. The number of likely N-dealkylation sites (tertiary alicyclic amines) is 1. The molecule has 3 heteroatoms. The van der Waals surface area contributed by atoms with E-state index in [1.807, 2.05) is 0 Å². The maximum absolute atomic E-state index is 12.9. The molecule has 0 radical (unpaired) electrons. The van der Waals surface area contributed by atoms with Crippen LogP contribution in [-0.4, -0.2) is 29.6 Å². The summed E-state index contributed by atoms with van der Waals surface area (Å²) in [7, 11) is 0. The van der Waals surface area contributed by atoms with Crippen LogP contribution in [0.1, 0.15) is 36.5 Å². The Balaban J connectivity index is 1.40. The van der Waals surface area contributed by atoms with Crippen molar-refractivity contribution in [2.45, 2.75) is 31.8 Å². The Hall–Kier alpha value is -1.71. The van der Waals surface area contributed by atoms with Crippen LogP contribution in [0.5, 0.6) is 0 Å². The number of rotatable bonds is 6. The predicted octanol–water partition coefficient (Wildman–Crippen LogP) is 4.20. The maximum atomic E-state index is 12.9. The molecule has 0 spiro atoms. The molecule has 2 nitrogen and oxygen atoms in total. The standard InChI is InChI=1S/C21H26FNO/c22-20-8-6-19(7-9-20)21(24)12-15-23-13-10-18(11-14-23)16-17-4-2-1-3-5-17/h1-9,18,21,24H,10-16H2. The number of aliphatic hydroxyl groups excluding tert-OH is 1. The zero-order valence-corrected chi connectivity index (χ0v) is 14.1. The van der Waals surface area contributed by atoms with Crippen LogP contribution in [0.25, 0.3) is 0 Å². The van der Waals surface area contributed by atoms with E-state index in [-0.39, 0.29) is 5.82 Å². The summed E-state index contributed by atoms with van der Waals surface area (Å²) in [6.45, 7) is 3.11. The molecule has 0 aromatic heterocycles. The second-order valence-corrected chi connectivity index (χ2v) is 6.83. The molecule has 1 atom stereocenters. The smallest absolute Gasteiger partial charge is 0.123 e. The molecule has 1 aliphatic rings. The van der Waals surface area contributed by atoms with E-state index < -0.39 is 6.10 Å². The first kappa shape index (κ1) is 17.1. The summed E-state index contributed by atoms with van der Waals surface area (Å²) in [6, 6.07) is 16.9. The molecular formula is C21H26FNO. The lowest BCUT2D eigenvalue weighted by Gasteiger charge is -2.32. The molecule has 3 rings (SSSR count). The quantitative estimate of drug-likeness (QED) is 0.859. The third kappa shape index (κ3) is 4.89. The molecule has 2 aromatic carbocycles. The Morgan fingerprint density at radius 1 is 1.00 bits per heavy atom. The van der Waals surface area contributed by atoms with Gasteiger partial charge in [0.25, 0.3) is 0 Å². The van der Waals surface area contributed by atoms with Crippen molar-refractivity contribution in [2.24, 2.45) is 5.92 Å². The Bertz CT molecular complexity index is 605. The van der Waals surface area contributed by atoms with Gasteiger partial charge in [0.15, 0.2) is 0 Å². The molecule has 1 heterocycles. The van der Waals surface area contributed by atoms with Crippen LogP contribution in [0.3, 0.4) is 0 Å². The van der Waals surface area contributed by atoms with Gasteiger partial charge in [0.1, 0.15) is 5.82 Å². The molecule has 0 saturated carbocycles. The number of benzene rings is 2. The SMILES string of the molecule is OC(CCN1CCC(Cc2ccccc2)CC1)c1ccc(F)cc1. The number of hydrogen-bond donors (Lipinski definition) is 1. The third-order valence-corrected chi connectivity index (χ3v) is 5.05. The highest BCUT2D eigenvalue weighted by Gasteiger charge is 2.20. The van der Waals surface area contributed by atoms with Gasteiger partial charge >= 0.3 is 0 Å². The number of piperidine rings is 1. The molecule has 1 unspecified atom stereocenters. The van der Waals surface area contributed by atoms with E-state index in [0.29, 0.717) is 6.42 Å². The number of aliphatic hydroxyl groups is 1. The molecular weight excluding hydrogens is 301 g/mol. The molecule has 0 amide bonds. The van der Waals surface area contributed by atoms with Gasteiger partial charge in [-0.3, -0.25) is 0 Å². The maximum Gasteiger partial charge on any atom is 0.123 e. The Labute approximate surface area is 143 Å². The number of halogens is 1. The lowest BCUT2D eigenvalue weighted by Crippen LogP contribution is -2.35. The molecule has 128 valence electrons. The fourth-order valence-electron chi connectivity index (χ4n) is 3.52. The first-order valence-corrected chi connectivity index (χ1v) is 8.90. The van der Waals surface area contributed by atoms with E-state index in [1.165, 1.54) is 37.0 Å². The molecule has 1 fully saturated rings. The van der Waals surface area contributed by atoms with Crippen molar-refractivity contribution >= 4 is 0 Å². The van der Waals surface area contributed by atoms with Crippen LogP contribution >= 0.6 is 0 Å². The highest BCUT2D eigenvalue weighted by molar-refractivity contribution is 5.18. The van der Waals surface area contributed by atoms with E-state index in [2.05, 4.69) is 35.2 Å². The highest BCUT2D eigenvalue weighted by Crippen LogP contribution is 2.23. The fraction of sp³-hybridized carbons (Fsp3) is 0.429. The summed E-state index contributed by atoms with van der Waals surface area (Å²) in [5, 5.41) is 10.2. The van der Waals surface area contributed by atoms with Gasteiger partial charge in [-0.15, -0.1) is 0 Å². The molecule has 1 saturated heterocycles. The van der Waals surface area contributed by atoms with Gasteiger partial charge in [-0.25, -0.2) is 4.39 Å². The number of nitrogens with zero attached hydrogens (tertiary/aromatic N) is 1. The molecule has 2 aromatic rings. The van der Waals surface area contributed by atoms with Crippen molar-refractivity contribution in [3.63, 3.8) is 0 Å². The average Bonchev–Trinajstić information content (AvgIpc) is 2.62. The molecule has 0 aliphatic carbocycles. The van der Waals surface area contributed by atoms with Gasteiger partial charge in [-0.1, -0.05) is 42.5 Å². The van der Waals surface area contributed by atoms with Gasteiger partial charge in [0.2, 0.25) is 0 Å². The minimum absolute atomic E-state index is 0.258. The zero-order chi connectivity index (χ0) is 16.8. The summed E-state index contributed by atoms with van der Waals surface area (Å²) in [5.74, 6) is 0.511. The zero-order valence-electron chi connectivity index (χ0n) is 14.1. The van der Waals surface area contributed by atoms with Crippen LogP contribution in [0.4, 0.5) is 4.39 Å². The fourth-order valence-corrected chi connectivity index (χ4v) is 3.52. The summed E-state index contributed by atoms with van der Waals surface area (Å²) in [5.41, 5.74) is 2.23. The third-order valence-electron chi connectivity index (χ3n) is 5.05. The minimum atomic E-state index is -0.507. The highest BCUT2D eigenvalue weighted by atomic mass is 19.1. The largest absolute Gasteiger partial charge is 0.388 e. The first-order chi connectivity index (χ1) is 11.7. The van der Waals surface area contributed by atoms with E-state index >= 15 is 0 Å². The van der Waals surface area contributed by atoms with Gasteiger partial charge in [0, 0.05) is 6.54 Å². The molecule has 1 aliphatic heterocycles. The van der Waals surface area contributed by atoms with E-state index in [1.54, 1.807) is 12.1 Å². The second-order valence-electron chi connectivity index (χ2n) is 6.83. The lowest BCUT2D eigenvalue weighted by molar-refractivity contribution is 0.123. The lowest BCUT2D eigenvalue weighted by atomic mass is 9.90. The Morgan fingerprint density at radius 2 is 1.67 bits per heavy atom. The van der Waals surface area contributed by atoms with Crippen molar-refractivity contribution in [1.29, 1.82) is 0 Å². The van der Waals surface area contributed by atoms with E-state index in [9.17, 15) is 9.50 Å². The molecule has 1 N–H and O–H groups in total. The monoisotopic (exact) mass is 327 g/mol. The predicted molar refractivity (Wildman–Crippen MR) is 95.3 cm³/mol. The Morgan fingerprint density at radius 3 is 2.33 bits per heavy atom. The van der Waals surface area contributed by atoms with Crippen molar-refractivity contribution in [2.75, 3.05) is 19.6 Å². The summed E-state index contributed by atoms with van der Waals surface area (Å²) >= 11 is 0. The minimum Gasteiger partial charge on any atom is -0.388 e. The van der Waals surface area contributed by atoms with Crippen molar-refractivity contribution in [3.05, 3.63) is 71.5 Å². The van der Waals surface area contributed by atoms with Gasteiger partial charge in [0.05, 0.1) is 6.10 Å². The van der Waals surface area contributed by atoms with Crippen LogP contribution in [0, 0.1) is 11.7 Å². The molecule has 24 heavy (non-hydrogen) atoms. The summed E-state index contributed by atoms with van der Waals surface area (Å²) in [4.78, 5) is 2.44. The van der Waals surface area contributed by atoms with Crippen molar-refractivity contribution < 1.29 is 9.50 Å². The Kier molecular flexibility index (Phi) is 6.00. The summed E-state index contributed by atoms with van der Waals surface area (Å²) < 4.78 is 12.9. The van der Waals surface area contributed by atoms with Gasteiger partial charge < -0.3 is 10.0 Å². The van der Waals surface area contributed by atoms with Gasteiger partial charge in [-0.2, -0.15) is 0 Å². The van der Waals surface area contributed by atoms with E-state index in [4.69, 9.17) is 0 Å². The van der Waals surface area contributed by atoms with Crippen LogP contribution in [0.2, 0.25) is 0 Å². The van der Waals surface area contributed by atoms with Crippen molar-refractivity contribution in [1.82, 2.24) is 4.90 Å². The topological polar surface area (TPSA) is 23.5 Å². The van der Waals surface area contributed by atoms with E-state index in [0.717, 1.165) is 31.1 Å². The van der Waals surface area contributed by atoms with Crippen LogP contribution in [0.15, 0.2) is 54.6 Å². The number of hydrogen-bond acceptors (Lipinski definition) is 2. The second kappa shape index (κ2) is 8.41. The van der Waals surface area contributed by atoms with Gasteiger partial charge in [-0.05, 0) is 68.0 Å². The normalized spacial score (nSPS) is 17.8. The first-order valence-electron chi connectivity index (χ1n) is 8.90. The average molecular weight is 327 g/mol. The van der Waals surface area contributed by atoms with Crippen molar-refractivity contribution in [3.8, 4) is 0 Å². The molecule has 0 bridgehead atoms. The van der Waals surface area contributed by atoms with Crippen LogP contribution < -0.4 is 0 Å².